The third-order valence-electron chi connectivity index (χ3n) is 5.36. The maximum atomic E-state index is 11.9. The number of hydrogen-bond donors (Lipinski definition) is 0. The third-order valence-corrected chi connectivity index (χ3v) is 5.79. The van der Waals surface area contributed by atoms with Gasteiger partial charge in [-0.3, -0.25) is 4.79 Å². The molecule has 0 bridgehead atoms. The Hall–Kier alpha value is -0.580. The molecular weight excluding hydrogens is 375 g/mol. The Morgan fingerprint density at radius 1 is 1.29 bits per heavy atom. The summed E-state index contributed by atoms with van der Waals surface area (Å²) in [4.78, 5) is 11.9. The topological polar surface area (TPSA) is 26.3 Å². The van der Waals surface area contributed by atoms with Gasteiger partial charge in [-0.15, -0.1) is 0 Å². The minimum absolute atomic E-state index is 0.0216. The van der Waals surface area contributed by atoms with Crippen molar-refractivity contribution in [2.45, 2.75) is 59.3 Å². The Morgan fingerprint density at radius 2 is 2.00 bits per heavy atom. The molecule has 0 aromatic heterocycles. The first-order valence-electron chi connectivity index (χ1n) is 8.01. The molecule has 1 aromatic rings. The van der Waals surface area contributed by atoms with Gasteiger partial charge >= 0.3 is 5.97 Å². The van der Waals surface area contributed by atoms with Gasteiger partial charge in [-0.05, 0) is 60.6 Å². The third kappa shape index (κ3) is 3.43. The molecule has 0 spiro atoms. The summed E-state index contributed by atoms with van der Waals surface area (Å²) in [5.74, 6) is -0.113. The quantitative estimate of drug-likeness (QED) is 0.625. The molecule has 2 rings (SSSR count). The fourth-order valence-electron chi connectivity index (χ4n) is 3.59. The van der Waals surface area contributed by atoms with Crippen molar-refractivity contribution in [3.63, 3.8) is 0 Å². The molecule has 0 radical (unpaired) electrons. The molecule has 1 unspecified atom stereocenters. The molecule has 1 aliphatic carbocycles. The van der Waals surface area contributed by atoms with E-state index in [1.807, 2.05) is 0 Å². The Labute approximate surface area is 142 Å². The molecule has 3 heteroatoms. The molecule has 2 nitrogen and oxygen atoms in total. The fraction of sp³-hybridized carbons (Fsp3) is 0.611. The summed E-state index contributed by atoms with van der Waals surface area (Å²) in [6, 6.07) is 6.62. The van der Waals surface area contributed by atoms with Gasteiger partial charge in [0.1, 0.15) is 0 Å². The average molecular weight is 400 g/mol. The van der Waals surface area contributed by atoms with Gasteiger partial charge in [-0.1, -0.05) is 39.0 Å². The van der Waals surface area contributed by atoms with Crippen molar-refractivity contribution in [1.82, 2.24) is 0 Å². The van der Waals surface area contributed by atoms with E-state index in [9.17, 15) is 4.79 Å². The molecule has 21 heavy (non-hydrogen) atoms. The molecule has 116 valence electrons. The number of fused-ring (bicyclic) bond motifs is 1. The zero-order valence-electron chi connectivity index (χ0n) is 13.2. The lowest BCUT2D eigenvalue weighted by atomic mass is 9.79. The van der Waals surface area contributed by atoms with E-state index in [0.29, 0.717) is 5.41 Å². The van der Waals surface area contributed by atoms with Crippen LogP contribution in [0.1, 0.15) is 56.7 Å². The van der Waals surface area contributed by atoms with Crippen LogP contribution in [0.15, 0.2) is 18.2 Å². The molecule has 1 atom stereocenters. The zero-order valence-corrected chi connectivity index (χ0v) is 15.4. The number of carbonyl (C=O) groups excluding carboxylic acids is 1. The largest absolute Gasteiger partial charge is 0.394 e. The number of benzene rings is 1. The first kappa shape index (κ1) is 16.8. The fourth-order valence-corrected chi connectivity index (χ4v) is 3.95. The maximum absolute atomic E-state index is 11.9. The highest BCUT2D eigenvalue weighted by Crippen LogP contribution is 2.43. The van der Waals surface area contributed by atoms with Crippen LogP contribution in [0.25, 0.3) is 0 Å². The molecule has 0 fully saturated rings. The van der Waals surface area contributed by atoms with Crippen LogP contribution >= 0.6 is 23.0 Å². The summed E-state index contributed by atoms with van der Waals surface area (Å²) < 4.78 is 4.91. The lowest BCUT2D eigenvalue weighted by Gasteiger charge is -2.25. The van der Waals surface area contributed by atoms with Gasteiger partial charge in [0.05, 0.1) is 5.92 Å². The lowest BCUT2D eigenvalue weighted by molar-refractivity contribution is -0.135. The van der Waals surface area contributed by atoms with Crippen LogP contribution in [0.5, 0.6) is 0 Å². The van der Waals surface area contributed by atoms with E-state index in [1.165, 1.54) is 42.4 Å². The molecule has 1 aliphatic rings. The molecule has 0 saturated carbocycles. The van der Waals surface area contributed by atoms with Crippen LogP contribution < -0.4 is 0 Å². The van der Waals surface area contributed by atoms with E-state index in [4.69, 9.17) is 3.07 Å². The van der Waals surface area contributed by atoms with Crippen LogP contribution in [0.3, 0.4) is 0 Å². The zero-order chi connectivity index (χ0) is 15.5. The van der Waals surface area contributed by atoms with E-state index in [2.05, 4.69) is 39.0 Å². The second-order valence-corrected chi connectivity index (χ2v) is 6.76. The first-order valence-corrected chi connectivity index (χ1v) is 8.89. The monoisotopic (exact) mass is 400 g/mol. The van der Waals surface area contributed by atoms with Crippen molar-refractivity contribution in [3.8, 4) is 0 Å². The summed E-state index contributed by atoms with van der Waals surface area (Å²) in [7, 11) is 0. The second kappa shape index (κ2) is 7.12. The van der Waals surface area contributed by atoms with Crippen LogP contribution in [-0.2, 0) is 27.1 Å². The molecular formula is C18H25IO2. The molecule has 0 heterocycles. The number of halogens is 1. The van der Waals surface area contributed by atoms with Crippen molar-refractivity contribution in [3.05, 3.63) is 34.9 Å². The minimum Gasteiger partial charge on any atom is -0.394 e. The smallest absolute Gasteiger partial charge is 0.318 e. The standard InChI is InChI=1S/C18H25IO2/c1-4-13(17(20)21-19)10-14-8-7-9-15-11-18(5-2,6-3)12-16(14)15/h7-9,13H,4-6,10-12H2,1-3H3. The minimum atomic E-state index is -0.0917. The summed E-state index contributed by atoms with van der Waals surface area (Å²) in [6.45, 7) is 6.67. The number of rotatable bonds is 6. The van der Waals surface area contributed by atoms with Crippen molar-refractivity contribution in [2.24, 2.45) is 11.3 Å². The summed E-state index contributed by atoms with van der Waals surface area (Å²) >= 11 is 1.70. The highest BCUT2D eigenvalue weighted by Gasteiger charge is 2.35. The Kier molecular flexibility index (Phi) is 5.69. The predicted molar refractivity (Wildman–Crippen MR) is 94.5 cm³/mol. The normalized spacial score (nSPS) is 17.3. The number of hydrogen-bond acceptors (Lipinski definition) is 2. The van der Waals surface area contributed by atoms with Crippen LogP contribution in [-0.4, -0.2) is 5.97 Å². The molecule has 0 N–H and O–H groups in total. The van der Waals surface area contributed by atoms with Crippen molar-refractivity contribution in [1.29, 1.82) is 0 Å². The van der Waals surface area contributed by atoms with Crippen molar-refractivity contribution < 1.29 is 7.86 Å². The molecule has 0 amide bonds. The van der Waals surface area contributed by atoms with E-state index in [-0.39, 0.29) is 11.9 Å². The van der Waals surface area contributed by atoms with E-state index >= 15 is 0 Å². The van der Waals surface area contributed by atoms with Crippen molar-refractivity contribution >= 4 is 29.0 Å². The Bertz CT molecular complexity index is 506. The van der Waals surface area contributed by atoms with Gasteiger partial charge in [0.15, 0.2) is 23.0 Å². The SMILES string of the molecule is CCC(Cc1cccc2c1CC(CC)(CC)C2)C(=O)OI. The molecule has 1 aromatic carbocycles. The van der Waals surface area contributed by atoms with E-state index in [0.717, 1.165) is 12.8 Å². The van der Waals surface area contributed by atoms with E-state index < -0.39 is 0 Å². The van der Waals surface area contributed by atoms with Crippen LogP contribution in [0, 0.1) is 11.3 Å². The van der Waals surface area contributed by atoms with Gasteiger partial charge in [-0.25, -0.2) is 0 Å². The van der Waals surface area contributed by atoms with Gasteiger partial charge in [0.2, 0.25) is 0 Å². The summed E-state index contributed by atoms with van der Waals surface area (Å²) in [5.41, 5.74) is 4.78. The Morgan fingerprint density at radius 3 is 2.57 bits per heavy atom. The van der Waals surface area contributed by atoms with Gasteiger partial charge in [0.25, 0.3) is 0 Å². The lowest BCUT2D eigenvalue weighted by Crippen LogP contribution is -2.19. The molecule has 0 aliphatic heterocycles. The first-order chi connectivity index (χ1) is 10.1. The van der Waals surface area contributed by atoms with Crippen molar-refractivity contribution in [2.75, 3.05) is 0 Å². The summed E-state index contributed by atoms with van der Waals surface area (Å²) in [5, 5.41) is 0. The van der Waals surface area contributed by atoms with Gasteiger partial charge in [0, 0.05) is 0 Å². The summed E-state index contributed by atoms with van der Waals surface area (Å²) in [6.07, 6.45) is 6.45. The Balaban J connectivity index is 2.25. The highest BCUT2D eigenvalue weighted by atomic mass is 127. The average Bonchev–Trinajstić information content (AvgIpc) is 2.92. The molecule has 0 saturated heterocycles. The maximum Gasteiger partial charge on any atom is 0.318 e. The van der Waals surface area contributed by atoms with E-state index in [1.54, 1.807) is 23.0 Å². The highest BCUT2D eigenvalue weighted by molar-refractivity contribution is 14.1. The van der Waals surface area contributed by atoms with Crippen LogP contribution in [0.2, 0.25) is 0 Å². The van der Waals surface area contributed by atoms with Crippen LogP contribution in [0.4, 0.5) is 0 Å². The van der Waals surface area contributed by atoms with Gasteiger partial charge in [-0.2, -0.15) is 0 Å². The number of carbonyl (C=O) groups is 1. The second-order valence-electron chi connectivity index (χ2n) is 6.32. The van der Waals surface area contributed by atoms with Gasteiger partial charge < -0.3 is 3.07 Å². The predicted octanol–water partition coefficient (Wildman–Crippen LogP) is 5.05.